The second-order valence-electron chi connectivity index (χ2n) is 4.56. The summed E-state index contributed by atoms with van der Waals surface area (Å²) in [6.07, 6.45) is 0.977. The summed E-state index contributed by atoms with van der Waals surface area (Å²) >= 11 is 0. The summed E-state index contributed by atoms with van der Waals surface area (Å²) in [7, 11) is 1.39. The Hall–Kier alpha value is -2.31. The Kier molecular flexibility index (Phi) is 3.55. The van der Waals surface area contributed by atoms with E-state index in [1.807, 2.05) is 0 Å². The third-order valence-corrected chi connectivity index (χ3v) is 3.07. The molecule has 2 rings (SSSR count). The number of nitrogens with zero attached hydrogens (tertiary/aromatic N) is 1. The van der Waals surface area contributed by atoms with Crippen LogP contribution in [0.15, 0.2) is 18.2 Å². The molecule has 0 unspecified atom stereocenters. The molecule has 2 amide bonds. The van der Waals surface area contributed by atoms with E-state index in [-0.39, 0.29) is 23.5 Å². The Bertz CT molecular complexity index is 518. The van der Waals surface area contributed by atoms with Crippen LogP contribution in [0.2, 0.25) is 0 Å². The first-order valence-corrected chi connectivity index (χ1v) is 5.91. The molecule has 102 valence electrons. The Morgan fingerprint density at radius 2 is 2.21 bits per heavy atom. The number of nitro benzene ring substituents is 1. The molecule has 0 radical (unpaired) electrons. The number of nitrogens with one attached hydrogen (secondary N) is 2. The summed E-state index contributed by atoms with van der Waals surface area (Å²) in [6.45, 7) is 2.05. The minimum atomic E-state index is -0.516. The Morgan fingerprint density at radius 3 is 2.74 bits per heavy atom. The number of methoxy groups -OCH3 is 1. The quantitative estimate of drug-likeness (QED) is 0.644. The second-order valence-corrected chi connectivity index (χ2v) is 4.56. The molecule has 0 bridgehead atoms. The lowest BCUT2D eigenvalue weighted by molar-refractivity contribution is -0.384. The van der Waals surface area contributed by atoms with Crippen LogP contribution in [0.5, 0.6) is 5.75 Å². The van der Waals surface area contributed by atoms with Crippen LogP contribution in [-0.4, -0.2) is 24.1 Å². The molecule has 1 aromatic rings. The van der Waals surface area contributed by atoms with Crippen molar-refractivity contribution in [3.8, 4) is 5.75 Å². The van der Waals surface area contributed by atoms with Crippen molar-refractivity contribution in [1.29, 1.82) is 0 Å². The number of rotatable bonds is 4. The maximum atomic E-state index is 11.7. The van der Waals surface area contributed by atoms with Crippen LogP contribution in [0.3, 0.4) is 0 Å². The molecule has 0 aliphatic heterocycles. The number of benzene rings is 1. The van der Waals surface area contributed by atoms with Crippen molar-refractivity contribution in [2.45, 2.75) is 19.4 Å². The lowest BCUT2D eigenvalue weighted by Gasteiger charge is -2.10. The van der Waals surface area contributed by atoms with E-state index in [1.54, 1.807) is 0 Å². The molecular formula is C12H15N3O4. The molecule has 19 heavy (non-hydrogen) atoms. The van der Waals surface area contributed by atoms with Gasteiger partial charge in [-0.15, -0.1) is 0 Å². The first-order chi connectivity index (χ1) is 9.01. The SMILES string of the molecule is COc1cc([N+](=O)[O-])ccc1NC(=O)N[C@@H]1C[C@H]1C. The summed E-state index contributed by atoms with van der Waals surface area (Å²) in [4.78, 5) is 21.8. The van der Waals surface area contributed by atoms with Crippen LogP contribution in [0.4, 0.5) is 16.2 Å². The van der Waals surface area contributed by atoms with Gasteiger partial charge >= 0.3 is 6.03 Å². The van der Waals surface area contributed by atoms with Crippen LogP contribution in [0.25, 0.3) is 0 Å². The van der Waals surface area contributed by atoms with E-state index < -0.39 is 4.92 Å². The van der Waals surface area contributed by atoms with E-state index in [9.17, 15) is 14.9 Å². The van der Waals surface area contributed by atoms with Gasteiger partial charge in [0.15, 0.2) is 0 Å². The summed E-state index contributed by atoms with van der Waals surface area (Å²) in [6, 6.07) is 3.92. The minimum absolute atomic E-state index is 0.0846. The van der Waals surface area contributed by atoms with Gasteiger partial charge in [-0.25, -0.2) is 4.79 Å². The Balaban J connectivity index is 2.06. The monoisotopic (exact) mass is 265 g/mol. The van der Waals surface area contributed by atoms with E-state index in [1.165, 1.54) is 25.3 Å². The molecule has 1 fully saturated rings. The fourth-order valence-electron chi connectivity index (χ4n) is 1.75. The topological polar surface area (TPSA) is 93.5 Å². The van der Waals surface area contributed by atoms with Crippen LogP contribution in [0.1, 0.15) is 13.3 Å². The number of hydrogen-bond donors (Lipinski definition) is 2. The van der Waals surface area contributed by atoms with Gasteiger partial charge in [-0.3, -0.25) is 10.1 Å². The van der Waals surface area contributed by atoms with Gasteiger partial charge < -0.3 is 15.4 Å². The lowest BCUT2D eigenvalue weighted by Crippen LogP contribution is -2.31. The number of nitro groups is 1. The number of anilines is 1. The number of hydrogen-bond acceptors (Lipinski definition) is 4. The summed E-state index contributed by atoms with van der Waals surface area (Å²) in [5, 5.41) is 16.1. The standard InChI is InChI=1S/C12H15N3O4/c1-7-5-10(7)14-12(16)13-9-4-3-8(15(17)18)6-11(9)19-2/h3-4,6-7,10H,5H2,1-2H3,(H2,13,14,16)/t7-,10-/m1/s1. The van der Waals surface area contributed by atoms with Gasteiger partial charge in [-0.05, 0) is 18.4 Å². The molecule has 2 atom stereocenters. The molecule has 0 aromatic heterocycles. The van der Waals surface area contributed by atoms with Crippen molar-refractivity contribution in [2.24, 2.45) is 5.92 Å². The molecule has 2 N–H and O–H groups in total. The van der Waals surface area contributed by atoms with Gasteiger partial charge in [-0.1, -0.05) is 6.92 Å². The molecule has 0 heterocycles. The van der Waals surface area contributed by atoms with Crippen LogP contribution < -0.4 is 15.4 Å². The van der Waals surface area contributed by atoms with Gasteiger partial charge in [0, 0.05) is 12.1 Å². The summed E-state index contributed by atoms with van der Waals surface area (Å²) < 4.78 is 5.03. The van der Waals surface area contributed by atoms with Crippen LogP contribution >= 0.6 is 0 Å². The van der Waals surface area contributed by atoms with E-state index in [2.05, 4.69) is 17.6 Å². The Morgan fingerprint density at radius 1 is 1.53 bits per heavy atom. The maximum Gasteiger partial charge on any atom is 0.319 e. The fourth-order valence-corrected chi connectivity index (χ4v) is 1.75. The van der Waals surface area contributed by atoms with Gasteiger partial charge in [0.25, 0.3) is 5.69 Å². The first kappa shape index (κ1) is 13.1. The van der Waals surface area contributed by atoms with Gasteiger partial charge in [0.1, 0.15) is 5.75 Å². The van der Waals surface area contributed by atoms with Crippen LogP contribution in [-0.2, 0) is 0 Å². The molecule has 1 aromatic carbocycles. The maximum absolute atomic E-state index is 11.7. The van der Waals surface area contributed by atoms with Crippen molar-refractivity contribution >= 4 is 17.4 Å². The number of non-ortho nitro benzene ring substituents is 1. The molecule has 0 saturated heterocycles. The predicted molar refractivity (Wildman–Crippen MR) is 69.4 cm³/mol. The van der Waals surface area contributed by atoms with E-state index in [4.69, 9.17) is 4.74 Å². The predicted octanol–water partition coefficient (Wildman–Crippen LogP) is 2.13. The highest BCUT2D eigenvalue weighted by molar-refractivity contribution is 5.91. The summed E-state index contributed by atoms with van der Waals surface area (Å²) in [5.41, 5.74) is 0.317. The van der Waals surface area contributed by atoms with Crippen molar-refractivity contribution < 1.29 is 14.5 Å². The second kappa shape index (κ2) is 5.13. The van der Waals surface area contributed by atoms with Gasteiger partial charge in [-0.2, -0.15) is 0 Å². The van der Waals surface area contributed by atoms with E-state index >= 15 is 0 Å². The van der Waals surface area contributed by atoms with Crippen molar-refractivity contribution in [3.05, 3.63) is 28.3 Å². The lowest BCUT2D eigenvalue weighted by atomic mass is 10.2. The molecule has 1 aliphatic rings. The molecule has 1 saturated carbocycles. The fraction of sp³-hybridized carbons (Fsp3) is 0.417. The highest BCUT2D eigenvalue weighted by atomic mass is 16.6. The van der Waals surface area contributed by atoms with Gasteiger partial charge in [0.05, 0.1) is 23.8 Å². The molecular weight excluding hydrogens is 250 g/mol. The number of amides is 2. The zero-order valence-corrected chi connectivity index (χ0v) is 10.7. The highest BCUT2D eigenvalue weighted by Crippen LogP contribution is 2.31. The smallest absolute Gasteiger partial charge is 0.319 e. The minimum Gasteiger partial charge on any atom is -0.494 e. The zero-order valence-electron chi connectivity index (χ0n) is 10.7. The van der Waals surface area contributed by atoms with Crippen LogP contribution in [0, 0.1) is 16.0 Å². The van der Waals surface area contributed by atoms with E-state index in [0.29, 0.717) is 11.6 Å². The highest BCUT2D eigenvalue weighted by Gasteiger charge is 2.33. The average molecular weight is 265 g/mol. The molecule has 7 nitrogen and oxygen atoms in total. The average Bonchev–Trinajstić information content (AvgIpc) is 3.04. The van der Waals surface area contributed by atoms with Gasteiger partial charge in [0.2, 0.25) is 0 Å². The third kappa shape index (κ3) is 3.12. The number of ether oxygens (including phenoxy) is 1. The normalized spacial score (nSPS) is 20.5. The molecule has 7 heteroatoms. The zero-order chi connectivity index (χ0) is 14.0. The molecule has 1 aliphatic carbocycles. The van der Waals surface area contributed by atoms with Crippen molar-refractivity contribution in [3.63, 3.8) is 0 Å². The number of urea groups is 1. The largest absolute Gasteiger partial charge is 0.494 e. The molecule has 0 spiro atoms. The van der Waals surface area contributed by atoms with Crippen molar-refractivity contribution in [1.82, 2.24) is 5.32 Å². The third-order valence-electron chi connectivity index (χ3n) is 3.07. The first-order valence-electron chi connectivity index (χ1n) is 5.91. The Labute approximate surface area is 110 Å². The van der Waals surface area contributed by atoms with Crippen molar-refractivity contribution in [2.75, 3.05) is 12.4 Å². The van der Waals surface area contributed by atoms with E-state index in [0.717, 1.165) is 6.42 Å². The summed E-state index contributed by atoms with van der Waals surface area (Å²) in [5.74, 6) is 0.762. The number of carbonyl (C=O) groups is 1. The number of carbonyl (C=O) groups excluding carboxylic acids is 1.